The van der Waals surface area contributed by atoms with Crippen molar-refractivity contribution in [3.8, 4) is 12.3 Å². The molecule has 0 bridgehead atoms. The van der Waals surface area contributed by atoms with E-state index in [1.165, 1.54) is 4.57 Å². The number of aromatic nitrogens is 1. The lowest BCUT2D eigenvalue weighted by molar-refractivity contribution is -0.138. The van der Waals surface area contributed by atoms with Crippen LogP contribution in [-0.2, 0) is 11.8 Å². The summed E-state index contributed by atoms with van der Waals surface area (Å²) in [6.45, 7) is 0. The zero-order valence-corrected chi connectivity index (χ0v) is 11.5. The third kappa shape index (κ3) is 2.86. The molecule has 0 amide bonds. The molecular formula is C14H12ClNO4. The monoisotopic (exact) mass is 293 g/mol. The lowest BCUT2D eigenvalue weighted by atomic mass is 10.2. The van der Waals surface area contributed by atoms with Crippen molar-refractivity contribution < 1.29 is 14.3 Å². The van der Waals surface area contributed by atoms with Gasteiger partial charge in [0.25, 0.3) is 0 Å². The average molecular weight is 294 g/mol. The molecule has 0 unspecified atom stereocenters. The SMILES string of the molecule is C#Cc1cc(Cl)c2c(c1)oc(=O)n2C.O=C(O)C1CC1. The summed E-state index contributed by atoms with van der Waals surface area (Å²) >= 11 is 5.94. The fourth-order valence-corrected chi connectivity index (χ4v) is 1.98. The van der Waals surface area contributed by atoms with Crippen LogP contribution in [0.4, 0.5) is 0 Å². The standard InChI is InChI=1S/C10H6ClNO2.C4H6O2/c1-3-6-4-7(11)9-8(5-6)14-10(13)12(9)2;5-4(6)3-1-2-3/h1,4-5H,2H3;3H,1-2H2,(H,5,6). The maximum absolute atomic E-state index is 11.2. The van der Waals surface area contributed by atoms with Crippen LogP contribution in [0.15, 0.2) is 21.3 Å². The Hall–Kier alpha value is -2.19. The fraction of sp³-hybridized carbons (Fsp3) is 0.286. The Labute approximate surface area is 119 Å². The number of aryl methyl sites for hydroxylation is 1. The summed E-state index contributed by atoms with van der Waals surface area (Å²) in [5.74, 6) is 1.37. The van der Waals surface area contributed by atoms with E-state index in [-0.39, 0.29) is 5.92 Å². The van der Waals surface area contributed by atoms with Gasteiger partial charge in [0.2, 0.25) is 0 Å². The predicted octanol–water partition coefficient (Wildman–Crippen LogP) is 2.25. The average Bonchev–Trinajstić information content (AvgIpc) is 3.18. The van der Waals surface area contributed by atoms with Crippen LogP contribution in [0, 0.1) is 18.3 Å². The van der Waals surface area contributed by atoms with E-state index in [1.807, 2.05) is 0 Å². The highest BCUT2D eigenvalue weighted by atomic mass is 35.5. The van der Waals surface area contributed by atoms with Gasteiger partial charge in [0.15, 0.2) is 5.58 Å². The van der Waals surface area contributed by atoms with E-state index in [9.17, 15) is 9.59 Å². The first kappa shape index (κ1) is 14.2. The number of hydrogen-bond acceptors (Lipinski definition) is 3. The number of rotatable bonds is 1. The Balaban J connectivity index is 0.000000205. The van der Waals surface area contributed by atoms with Crippen molar-refractivity contribution in [2.75, 3.05) is 0 Å². The second kappa shape index (κ2) is 5.43. The van der Waals surface area contributed by atoms with Crippen LogP contribution >= 0.6 is 11.6 Å². The minimum Gasteiger partial charge on any atom is -0.481 e. The number of benzene rings is 1. The van der Waals surface area contributed by atoms with Crippen molar-refractivity contribution in [1.29, 1.82) is 0 Å². The maximum atomic E-state index is 11.2. The topological polar surface area (TPSA) is 72.4 Å². The number of carbonyl (C=O) groups is 1. The van der Waals surface area contributed by atoms with Crippen LogP contribution < -0.4 is 5.76 Å². The largest absolute Gasteiger partial charge is 0.481 e. The lowest BCUT2D eigenvalue weighted by Gasteiger charge is -1.96. The van der Waals surface area contributed by atoms with Crippen molar-refractivity contribution in [3.05, 3.63) is 33.3 Å². The molecule has 1 saturated carbocycles. The Morgan fingerprint density at radius 3 is 2.65 bits per heavy atom. The van der Waals surface area contributed by atoms with Gasteiger partial charge in [-0.05, 0) is 25.0 Å². The number of hydrogen-bond donors (Lipinski definition) is 1. The summed E-state index contributed by atoms with van der Waals surface area (Å²) in [6, 6.07) is 3.24. The lowest BCUT2D eigenvalue weighted by Crippen LogP contribution is -2.08. The Kier molecular flexibility index (Phi) is 3.86. The molecule has 1 aromatic carbocycles. The van der Waals surface area contributed by atoms with Gasteiger partial charge in [0.1, 0.15) is 5.52 Å². The number of fused-ring (bicyclic) bond motifs is 1. The first-order valence-electron chi connectivity index (χ1n) is 5.92. The molecule has 0 spiro atoms. The summed E-state index contributed by atoms with van der Waals surface area (Å²) in [5.41, 5.74) is 1.57. The maximum Gasteiger partial charge on any atom is 0.419 e. The zero-order chi connectivity index (χ0) is 14.9. The van der Waals surface area contributed by atoms with Crippen molar-refractivity contribution in [3.63, 3.8) is 0 Å². The molecule has 0 aliphatic heterocycles. The second-order valence-electron chi connectivity index (χ2n) is 4.49. The van der Waals surface area contributed by atoms with Gasteiger partial charge in [-0.15, -0.1) is 6.42 Å². The van der Waals surface area contributed by atoms with Gasteiger partial charge in [-0.1, -0.05) is 17.5 Å². The highest BCUT2D eigenvalue weighted by Gasteiger charge is 2.28. The van der Waals surface area contributed by atoms with Gasteiger partial charge in [-0.3, -0.25) is 9.36 Å². The van der Waals surface area contributed by atoms with E-state index in [0.717, 1.165) is 12.8 Å². The van der Waals surface area contributed by atoms with E-state index in [2.05, 4.69) is 5.92 Å². The fourth-order valence-electron chi connectivity index (χ4n) is 1.64. The van der Waals surface area contributed by atoms with Crippen LogP contribution in [0.3, 0.4) is 0 Å². The van der Waals surface area contributed by atoms with Gasteiger partial charge in [-0.25, -0.2) is 4.79 Å². The molecule has 20 heavy (non-hydrogen) atoms. The van der Waals surface area contributed by atoms with Gasteiger partial charge >= 0.3 is 11.7 Å². The van der Waals surface area contributed by atoms with Gasteiger partial charge in [0.05, 0.1) is 10.9 Å². The smallest absolute Gasteiger partial charge is 0.419 e. The molecule has 3 rings (SSSR count). The van der Waals surface area contributed by atoms with E-state index >= 15 is 0 Å². The predicted molar refractivity (Wildman–Crippen MR) is 74.8 cm³/mol. The van der Waals surface area contributed by atoms with Gasteiger partial charge in [0, 0.05) is 12.6 Å². The van der Waals surface area contributed by atoms with Gasteiger partial charge in [-0.2, -0.15) is 0 Å². The number of aliphatic carboxylic acids is 1. The molecule has 104 valence electrons. The highest BCUT2D eigenvalue weighted by Crippen LogP contribution is 2.28. The van der Waals surface area contributed by atoms with E-state index in [0.29, 0.717) is 21.7 Å². The number of carboxylic acid groups (broad SMARTS) is 1. The second-order valence-corrected chi connectivity index (χ2v) is 4.90. The van der Waals surface area contributed by atoms with Crippen LogP contribution in [-0.4, -0.2) is 15.6 Å². The summed E-state index contributed by atoms with van der Waals surface area (Å²) < 4.78 is 6.29. The molecule has 2 aromatic rings. The summed E-state index contributed by atoms with van der Waals surface area (Å²) in [4.78, 5) is 20.9. The summed E-state index contributed by atoms with van der Waals surface area (Å²) in [5, 5.41) is 8.47. The van der Waals surface area contributed by atoms with E-state index in [1.54, 1.807) is 19.2 Å². The van der Waals surface area contributed by atoms with Crippen molar-refractivity contribution in [1.82, 2.24) is 4.57 Å². The number of carboxylic acids is 1. The minimum atomic E-state index is -0.630. The molecular weight excluding hydrogens is 282 g/mol. The number of oxazole rings is 1. The van der Waals surface area contributed by atoms with Gasteiger partial charge < -0.3 is 9.52 Å². The molecule has 1 N–H and O–H groups in total. The van der Waals surface area contributed by atoms with Crippen LogP contribution in [0.1, 0.15) is 18.4 Å². The molecule has 0 radical (unpaired) electrons. The van der Waals surface area contributed by atoms with Crippen LogP contribution in [0.5, 0.6) is 0 Å². The molecule has 1 aliphatic rings. The number of halogens is 1. The normalized spacial score (nSPS) is 13.4. The van der Waals surface area contributed by atoms with Crippen molar-refractivity contribution in [2.24, 2.45) is 13.0 Å². The summed E-state index contributed by atoms with van der Waals surface area (Å²) in [7, 11) is 1.59. The molecule has 5 nitrogen and oxygen atoms in total. The number of terminal acetylenes is 1. The molecule has 1 heterocycles. The first-order valence-corrected chi connectivity index (χ1v) is 6.30. The molecule has 1 fully saturated rings. The molecule has 6 heteroatoms. The van der Waals surface area contributed by atoms with E-state index in [4.69, 9.17) is 27.5 Å². The molecule has 0 saturated heterocycles. The third-order valence-corrected chi connectivity index (χ3v) is 3.22. The first-order chi connectivity index (χ1) is 9.43. The van der Waals surface area contributed by atoms with Crippen molar-refractivity contribution in [2.45, 2.75) is 12.8 Å². The Bertz CT molecular complexity index is 762. The van der Waals surface area contributed by atoms with Crippen LogP contribution in [0.2, 0.25) is 5.02 Å². The number of nitrogens with zero attached hydrogens (tertiary/aromatic N) is 1. The zero-order valence-electron chi connectivity index (χ0n) is 10.7. The molecule has 0 atom stereocenters. The van der Waals surface area contributed by atoms with Crippen molar-refractivity contribution >= 4 is 28.7 Å². The van der Waals surface area contributed by atoms with Crippen LogP contribution in [0.25, 0.3) is 11.1 Å². The van der Waals surface area contributed by atoms with E-state index < -0.39 is 11.7 Å². The third-order valence-electron chi connectivity index (χ3n) is 2.93. The highest BCUT2D eigenvalue weighted by molar-refractivity contribution is 6.35. The Morgan fingerprint density at radius 2 is 2.20 bits per heavy atom. The summed E-state index contributed by atoms with van der Waals surface area (Å²) in [6.07, 6.45) is 7.02. The molecule has 1 aliphatic carbocycles. The Morgan fingerprint density at radius 1 is 1.55 bits per heavy atom. The minimum absolute atomic E-state index is 0.0185. The quantitative estimate of drug-likeness (QED) is 0.819. The molecule has 1 aromatic heterocycles.